The van der Waals surface area contributed by atoms with Gasteiger partial charge in [-0.05, 0) is 49.2 Å². The second-order valence-electron chi connectivity index (χ2n) is 5.54. The van der Waals surface area contributed by atoms with Crippen molar-refractivity contribution in [2.75, 3.05) is 17.3 Å². The monoisotopic (exact) mass is 294 g/mol. The van der Waals surface area contributed by atoms with Gasteiger partial charge in [0.2, 0.25) is 5.91 Å². The predicted molar refractivity (Wildman–Crippen MR) is 87.0 cm³/mol. The van der Waals surface area contributed by atoms with E-state index in [1.165, 1.54) is 0 Å². The molecule has 0 aliphatic heterocycles. The van der Waals surface area contributed by atoms with Crippen molar-refractivity contribution >= 4 is 23.2 Å². The zero-order valence-corrected chi connectivity index (χ0v) is 12.5. The molecule has 1 aliphatic carbocycles. The van der Waals surface area contributed by atoms with Crippen molar-refractivity contribution in [3.63, 3.8) is 0 Å². The lowest BCUT2D eigenvalue weighted by atomic mass is 10.1. The Labute approximate surface area is 129 Å². The smallest absolute Gasteiger partial charge is 0.258 e. The van der Waals surface area contributed by atoms with E-state index in [2.05, 4.69) is 5.32 Å². The molecule has 0 bridgehead atoms. The third-order valence-electron chi connectivity index (χ3n) is 3.80. The summed E-state index contributed by atoms with van der Waals surface area (Å²) in [5.74, 6) is 0.164. The van der Waals surface area contributed by atoms with E-state index in [0.717, 1.165) is 24.2 Å². The van der Waals surface area contributed by atoms with Gasteiger partial charge in [-0.3, -0.25) is 9.59 Å². The van der Waals surface area contributed by atoms with Gasteiger partial charge in [-0.25, -0.2) is 0 Å². The summed E-state index contributed by atoms with van der Waals surface area (Å²) in [7, 11) is 1.75. The number of hydrogen-bond acceptors (Lipinski definition) is 2. The van der Waals surface area contributed by atoms with Gasteiger partial charge in [0, 0.05) is 29.9 Å². The van der Waals surface area contributed by atoms with Gasteiger partial charge in [0.05, 0.1) is 0 Å². The van der Waals surface area contributed by atoms with Gasteiger partial charge in [-0.1, -0.05) is 18.2 Å². The molecule has 3 rings (SSSR count). The van der Waals surface area contributed by atoms with E-state index in [4.69, 9.17) is 0 Å². The van der Waals surface area contributed by atoms with Gasteiger partial charge in [-0.15, -0.1) is 0 Å². The van der Waals surface area contributed by atoms with Crippen LogP contribution in [0.5, 0.6) is 0 Å². The van der Waals surface area contributed by atoms with Crippen LogP contribution >= 0.6 is 0 Å². The third kappa shape index (κ3) is 3.17. The number of anilines is 2. The van der Waals surface area contributed by atoms with Crippen molar-refractivity contribution in [2.24, 2.45) is 5.92 Å². The molecule has 1 fully saturated rings. The van der Waals surface area contributed by atoms with Gasteiger partial charge < -0.3 is 10.2 Å². The minimum Gasteiger partial charge on any atom is -0.326 e. The average molecular weight is 294 g/mol. The van der Waals surface area contributed by atoms with Crippen LogP contribution < -0.4 is 10.2 Å². The molecular weight excluding hydrogens is 276 g/mol. The second kappa shape index (κ2) is 6.02. The molecular formula is C18H18N2O2. The number of benzene rings is 2. The molecule has 0 radical (unpaired) electrons. The molecule has 1 saturated carbocycles. The molecule has 0 aromatic heterocycles. The Bertz CT molecular complexity index is 676. The van der Waals surface area contributed by atoms with Crippen LogP contribution in [0.4, 0.5) is 11.4 Å². The van der Waals surface area contributed by atoms with Gasteiger partial charge >= 0.3 is 0 Å². The zero-order valence-electron chi connectivity index (χ0n) is 12.5. The molecule has 2 aromatic carbocycles. The first kappa shape index (κ1) is 14.3. The number of nitrogens with one attached hydrogen (secondary N) is 1. The maximum Gasteiger partial charge on any atom is 0.258 e. The Morgan fingerprint density at radius 1 is 1.00 bits per heavy atom. The van der Waals surface area contributed by atoms with Crippen molar-refractivity contribution in [3.8, 4) is 0 Å². The lowest BCUT2D eigenvalue weighted by molar-refractivity contribution is -0.117. The highest BCUT2D eigenvalue weighted by Gasteiger charge is 2.29. The number of nitrogens with zero attached hydrogens (tertiary/aromatic N) is 1. The van der Waals surface area contributed by atoms with Gasteiger partial charge in [0.25, 0.3) is 5.91 Å². The fourth-order valence-electron chi connectivity index (χ4n) is 2.25. The predicted octanol–water partition coefficient (Wildman–Crippen LogP) is 3.31. The Morgan fingerprint density at radius 3 is 2.23 bits per heavy atom. The molecule has 0 unspecified atom stereocenters. The van der Waals surface area contributed by atoms with E-state index in [1.807, 2.05) is 30.3 Å². The fourth-order valence-corrected chi connectivity index (χ4v) is 2.25. The zero-order chi connectivity index (χ0) is 15.5. The molecule has 2 amide bonds. The summed E-state index contributed by atoms with van der Waals surface area (Å²) in [6.45, 7) is 0. The van der Waals surface area contributed by atoms with Gasteiger partial charge in [0.1, 0.15) is 0 Å². The minimum absolute atomic E-state index is 0.0699. The van der Waals surface area contributed by atoms with Crippen LogP contribution in [0.2, 0.25) is 0 Å². The highest BCUT2D eigenvalue weighted by atomic mass is 16.2. The molecule has 4 nitrogen and oxygen atoms in total. The van der Waals surface area contributed by atoms with Crippen LogP contribution in [0.15, 0.2) is 54.6 Å². The van der Waals surface area contributed by atoms with Crippen molar-refractivity contribution < 1.29 is 9.59 Å². The maximum atomic E-state index is 12.4. The quantitative estimate of drug-likeness (QED) is 0.940. The number of carbonyl (C=O) groups is 2. The lowest BCUT2D eigenvalue weighted by Crippen LogP contribution is -2.26. The molecule has 2 aromatic rings. The molecule has 112 valence electrons. The Hall–Kier alpha value is -2.62. The summed E-state index contributed by atoms with van der Waals surface area (Å²) in [4.78, 5) is 25.7. The third-order valence-corrected chi connectivity index (χ3v) is 3.80. The second-order valence-corrected chi connectivity index (χ2v) is 5.54. The maximum absolute atomic E-state index is 12.4. The van der Waals surface area contributed by atoms with Crippen molar-refractivity contribution in [1.29, 1.82) is 0 Å². The molecule has 1 aliphatic rings. The molecule has 0 saturated heterocycles. The average Bonchev–Trinajstić information content (AvgIpc) is 3.40. The first-order chi connectivity index (χ1) is 10.6. The Morgan fingerprint density at radius 2 is 1.64 bits per heavy atom. The van der Waals surface area contributed by atoms with Crippen molar-refractivity contribution in [1.82, 2.24) is 0 Å². The highest BCUT2D eigenvalue weighted by Crippen LogP contribution is 2.30. The summed E-state index contributed by atoms with van der Waals surface area (Å²) >= 11 is 0. The summed E-state index contributed by atoms with van der Waals surface area (Å²) in [5.41, 5.74) is 2.17. The minimum atomic E-state index is -0.0775. The highest BCUT2D eigenvalue weighted by molar-refractivity contribution is 6.06. The first-order valence-corrected chi connectivity index (χ1v) is 7.39. The summed E-state index contributed by atoms with van der Waals surface area (Å²) in [5, 5.41) is 2.87. The van der Waals surface area contributed by atoms with E-state index in [-0.39, 0.29) is 17.7 Å². The van der Waals surface area contributed by atoms with E-state index in [9.17, 15) is 9.59 Å². The van der Waals surface area contributed by atoms with E-state index >= 15 is 0 Å². The van der Waals surface area contributed by atoms with E-state index in [1.54, 1.807) is 36.2 Å². The Balaban J connectivity index is 1.69. The largest absolute Gasteiger partial charge is 0.326 e. The molecule has 1 N–H and O–H groups in total. The van der Waals surface area contributed by atoms with Crippen LogP contribution in [0.1, 0.15) is 23.2 Å². The normalized spacial score (nSPS) is 13.5. The number of rotatable bonds is 4. The number of hydrogen-bond donors (Lipinski definition) is 1. The van der Waals surface area contributed by atoms with Crippen LogP contribution in [0.3, 0.4) is 0 Å². The number of carbonyl (C=O) groups excluding carboxylic acids is 2. The molecule has 0 atom stereocenters. The standard InChI is InChI=1S/C18H18N2O2/c1-20(16-5-3-2-4-6-16)18(22)14-9-11-15(12-10-14)19-17(21)13-7-8-13/h2-6,9-13H,7-8H2,1H3,(H,19,21). The fraction of sp³-hybridized carbons (Fsp3) is 0.222. The van der Waals surface area contributed by atoms with Crippen LogP contribution in [-0.4, -0.2) is 18.9 Å². The summed E-state index contributed by atoms with van der Waals surface area (Å²) < 4.78 is 0. The molecule has 0 spiro atoms. The number of amides is 2. The lowest BCUT2D eigenvalue weighted by Gasteiger charge is -2.17. The van der Waals surface area contributed by atoms with Crippen molar-refractivity contribution in [3.05, 3.63) is 60.2 Å². The van der Waals surface area contributed by atoms with Crippen LogP contribution in [0, 0.1) is 5.92 Å². The van der Waals surface area contributed by atoms with E-state index < -0.39 is 0 Å². The molecule has 0 heterocycles. The molecule has 4 heteroatoms. The van der Waals surface area contributed by atoms with Crippen LogP contribution in [-0.2, 0) is 4.79 Å². The molecule has 22 heavy (non-hydrogen) atoms. The van der Waals surface area contributed by atoms with E-state index in [0.29, 0.717) is 5.56 Å². The SMILES string of the molecule is CN(C(=O)c1ccc(NC(=O)C2CC2)cc1)c1ccccc1. The first-order valence-electron chi connectivity index (χ1n) is 7.39. The van der Waals surface area contributed by atoms with Gasteiger partial charge in [-0.2, -0.15) is 0 Å². The number of para-hydroxylation sites is 1. The Kier molecular flexibility index (Phi) is 3.92. The topological polar surface area (TPSA) is 49.4 Å². The van der Waals surface area contributed by atoms with Crippen molar-refractivity contribution in [2.45, 2.75) is 12.8 Å². The van der Waals surface area contributed by atoms with Gasteiger partial charge in [0.15, 0.2) is 0 Å². The summed E-state index contributed by atoms with van der Waals surface area (Å²) in [6.07, 6.45) is 1.95. The summed E-state index contributed by atoms with van der Waals surface area (Å²) in [6, 6.07) is 16.5. The van der Waals surface area contributed by atoms with Crippen LogP contribution in [0.25, 0.3) is 0 Å².